The topological polar surface area (TPSA) is 58.6 Å². The highest BCUT2D eigenvalue weighted by Crippen LogP contribution is 2.18. The second kappa shape index (κ2) is 12.3. The molecule has 0 aliphatic carbocycles. The highest BCUT2D eigenvalue weighted by Gasteiger charge is 2.31. The van der Waals surface area contributed by atoms with E-state index in [1.54, 1.807) is 30.3 Å². The summed E-state index contributed by atoms with van der Waals surface area (Å²) in [7, 11) is 0. The minimum atomic E-state index is -0.820. The second-order valence-corrected chi connectivity index (χ2v) is 8.70. The molecule has 0 saturated carbocycles. The van der Waals surface area contributed by atoms with Gasteiger partial charge in [0.15, 0.2) is 6.61 Å². The van der Waals surface area contributed by atoms with Crippen LogP contribution >= 0.6 is 22.6 Å². The summed E-state index contributed by atoms with van der Waals surface area (Å²) in [5.41, 5.74) is 1.24. The molecule has 7 heteroatoms. The molecule has 0 spiro atoms. The van der Waals surface area contributed by atoms with Crippen LogP contribution < -0.4 is 10.1 Å². The molecule has 3 aromatic carbocycles. The quantitative estimate of drug-likeness (QED) is 0.370. The lowest BCUT2D eigenvalue weighted by Crippen LogP contribution is -2.51. The van der Waals surface area contributed by atoms with Gasteiger partial charge in [0, 0.05) is 28.6 Å². The van der Waals surface area contributed by atoms with Crippen molar-refractivity contribution >= 4 is 34.4 Å². The number of nitrogens with zero attached hydrogens (tertiary/aromatic N) is 1. The molecule has 1 atom stereocenters. The highest BCUT2D eigenvalue weighted by molar-refractivity contribution is 14.1. The summed E-state index contributed by atoms with van der Waals surface area (Å²) in [6, 6.07) is 22.2. The summed E-state index contributed by atoms with van der Waals surface area (Å²) in [6.07, 6.45) is 0.302. The molecule has 0 aromatic heterocycles. The van der Waals surface area contributed by atoms with E-state index in [4.69, 9.17) is 4.74 Å². The number of hydrogen-bond acceptors (Lipinski definition) is 3. The van der Waals surface area contributed by atoms with Gasteiger partial charge in [0.1, 0.15) is 17.6 Å². The number of ether oxygens (including phenoxy) is 1. The molecular weight excluding hydrogens is 534 g/mol. The molecule has 0 aliphatic heterocycles. The average Bonchev–Trinajstić information content (AvgIpc) is 2.82. The molecule has 0 bridgehead atoms. The number of nitrogens with one attached hydrogen (secondary N) is 1. The van der Waals surface area contributed by atoms with Crippen LogP contribution in [0.4, 0.5) is 4.39 Å². The van der Waals surface area contributed by atoms with Gasteiger partial charge in [-0.15, -0.1) is 0 Å². The van der Waals surface area contributed by atoms with Gasteiger partial charge in [0.2, 0.25) is 5.91 Å². The Labute approximate surface area is 207 Å². The predicted molar refractivity (Wildman–Crippen MR) is 134 cm³/mol. The number of halogens is 2. The number of benzene rings is 3. The number of carbonyl (C=O) groups excluding carboxylic acids is 2. The fourth-order valence-corrected chi connectivity index (χ4v) is 3.77. The van der Waals surface area contributed by atoms with Crippen molar-refractivity contribution in [3.63, 3.8) is 0 Å². The molecule has 0 saturated heterocycles. The highest BCUT2D eigenvalue weighted by atomic mass is 127. The van der Waals surface area contributed by atoms with Crippen LogP contribution in [0.3, 0.4) is 0 Å². The third kappa shape index (κ3) is 7.28. The summed E-state index contributed by atoms with van der Waals surface area (Å²) in [4.78, 5) is 27.8. The summed E-state index contributed by atoms with van der Waals surface area (Å²) in [5.74, 6) is -0.570. The van der Waals surface area contributed by atoms with Gasteiger partial charge in [0.25, 0.3) is 5.91 Å². The Balaban J connectivity index is 1.89. The van der Waals surface area contributed by atoms with Crippen LogP contribution in [-0.4, -0.2) is 35.9 Å². The zero-order valence-corrected chi connectivity index (χ0v) is 20.5. The zero-order valence-electron chi connectivity index (χ0n) is 18.3. The molecule has 0 heterocycles. The lowest BCUT2D eigenvalue weighted by molar-refractivity contribution is -0.142. The van der Waals surface area contributed by atoms with E-state index in [-0.39, 0.29) is 19.1 Å². The van der Waals surface area contributed by atoms with Gasteiger partial charge in [0.05, 0.1) is 0 Å². The molecule has 0 fully saturated rings. The first-order valence-electron chi connectivity index (χ1n) is 10.7. The Morgan fingerprint density at radius 2 is 1.67 bits per heavy atom. The van der Waals surface area contributed by atoms with Crippen LogP contribution in [0.1, 0.15) is 18.1 Å². The van der Waals surface area contributed by atoms with Gasteiger partial charge >= 0.3 is 0 Å². The van der Waals surface area contributed by atoms with Crippen molar-refractivity contribution in [2.45, 2.75) is 25.9 Å². The first kappa shape index (κ1) is 24.7. The lowest BCUT2D eigenvalue weighted by Gasteiger charge is -2.31. The van der Waals surface area contributed by atoms with Crippen molar-refractivity contribution < 1.29 is 18.7 Å². The van der Waals surface area contributed by atoms with E-state index in [0.29, 0.717) is 24.3 Å². The van der Waals surface area contributed by atoms with Gasteiger partial charge in [-0.3, -0.25) is 9.59 Å². The van der Waals surface area contributed by atoms with Crippen molar-refractivity contribution in [3.8, 4) is 5.75 Å². The van der Waals surface area contributed by atoms with E-state index in [1.807, 2.05) is 49.4 Å². The van der Waals surface area contributed by atoms with E-state index in [1.165, 1.54) is 11.0 Å². The normalized spacial score (nSPS) is 11.5. The Morgan fingerprint density at radius 3 is 2.33 bits per heavy atom. The summed E-state index contributed by atoms with van der Waals surface area (Å²) < 4.78 is 21.2. The minimum Gasteiger partial charge on any atom is -0.484 e. The first-order valence-corrected chi connectivity index (χ1v) is 11.8. The van der Waals surface area contributed by atoms with E-state index >= 15 is 0 Å². The second-order valence-electron chi connectivity index (χ2n) is 7.46. The molecule has 2 amide bonds. The number of hydrogen-bond donors (Lipinski definition) is 1. The van der Waals surface area contributed by atoms with Crippen LogP contribution in [0.2, 0.25) is 0 Å². The van der Waals surface area contributed by atoms with Crippen molar-refractivity contribution in [2.24, 2.45) is 0 Å². The van der Waals surface area contributed by atoms with E-state index in [9.17, 15) is 14.0 Å². The van der Waals surface area contributed by atoms with E-state index < -0.39 is 17.8 Å². The maximum absolute atomic E-state index is 14.5. The zero-order chi connectivity index (χ0) is 23.6. The molecule has 1 N–H and O–H groups in total. The molecule has 5 nitrogen and oxygen atoms in total. The maximum Gasteiger partial charge on any atom is 0.261 e. The van der Waals surface area contributed by atoms with Crippen molar-refractivity contribution in [3.05, 3.63) is 99.4 Å². The summed E-state index contributed by atoms with van der Waals surface area (Å²) in [5, 5.41) is 2.81. The van der Waals surface area contributed by atoms with Gasteiger partial charge in [-0.1, -0.05) is 48.5 Å². The maximum atomic E-state index is 14.5. The molecule has 0 radical (unpaired) electrons. The van der Waals surface area contributed by atoms with Crippen LogP contribution in [-0.2, 0) is 22.6 Å². The van der Waals surface area contributed by atoms with Gasteiger partial charge in [-0.05, 0) is 65.4 Å². The van der Waals surface area contributed by atoms with Gasteiger partial charge in [-0.25, -0.2) is 4.39 Å². The fourth-order valence-electron chi connectivity index (χ4n) is 3.41. The third-order valence-corrected chi connectivity index (χ3v) is 5.82. The molecule has 33 heavy (non-hydrogen) atoms. The van der Waals surface area contributed by atoms with Crippen molar-refractivity contribution in [1.29, 1.82) is 0 Å². The largest absolute Gasteiger partial charge is 0.484 e. The van der Waals surface area contributed by atoms with Crippen molar-refractivity contribution in [1.82, 2.24) is 10.2 Å². The van der Waals surface area contributed by atoms with Crippen LogP contribution in [0.25, 0.3) is 0 Å². The van der Waals surface area contributed by atoms with E-state index in [0.717, 1.165) is 9.13 Å². The molecule has 3 aromatic rings. The van der Waals surface area contributed by atoms with Crippen LogP contribution in [0, 0.1) is 9.39 Å². The number of likely N-dealkylation sites (N-methyl/N-ethyl adjacent to an activating group) is 1. The molecule has 3 rings (SSSR count). The average molecular weight is 560 g/mol. The number of rotatable bonds is 10. The van der Waals surface area contributed by atoms with Crippen LogP contribution in [0.15, 0.2) is 78.9 Å². The Kier molecular flexibility index (Phi) is 9.24. The van der Waals surface area contributed by atoms with Gasteiger partial charge < -0.3 is 15.0 Å². The third-order valence-electron chi connectivity index (χ3n) is 5.10. The fraction of sp³-hybridized carbons (Fsp3) is 0.231. The summed E-state index contributed by atoms with van der Waals surface area (Å²) >= 11 is 2.19. The minimum absolute atomic E-state index is 0.0454. The van der Waals surface area contributed by atoms with Gasteiger partial charge in [-0.2, -0.15) is 0 Å². The van der Waals surface area contributed by atoms with Crippen LogP contribution in [0.5, 0.6) is 5.75 Å². The Morgan fingerprint density at radius 1 is 1.00 bits per heavy atom. The number of amides is 2. The number of carbonyl (C=O) groups is 2. The Bertz CT molecular complexity index is 1060. The standard InChI is InChI=1S/C26H26FIN2O3/c1-2-29-26(32)24(16-19-8-4-3-5-9-19)30(17-20-10-6-7-11-23(20)27)25(31)18-33-22-14-12-21(28)13-15-22/h3-15,24H,2,16-18H2,1H3,(H,29,32)/t24-/m1/s1. The van der Waals surface area contributed by atoms with E-state index in [2.05, 4.69) is 27.9 Å². The molecular formula is C26H26FIN2O3. The van der Waals surface area contributed by atoms with Crippen molar-refractivity contribution in [2.75, 3.05) is 13.2 Å². The molecule has 0 aliphatic rings. The molecule has 0 unspecified atom stereocenters. The monoisotopic (exact) mass is 560 g/mol. The molecule has 172 valence electrons. The lowest BCUT2D eigenvalue weighted by atomic mass is 10.0. The summed E-state index contributed by atoms with van der Waals surface area (Å²) in [6.45, 7) is 1.93. The smallest absolute Gasteiger partial charge is 0.261 e. The SMILES string of the molecule is CCNC(=O)[C@@H](Cc1ccccc1)N(Cc1ccccc1F)C(=O)COc1ccc(I)cc1. The first-order chi connectivity index (χ1) is 16.0. The predicted octanol–water partition coefficient (Wildman–Crippen LogP) is 4.59. The Hall–Kier alpha value is -2.94.